The van der Waals surface area contributed by atoms with Gasteiger partial charge in [-0.05, 0) is 19.3 Å². The zero-order valence-corrected chi connectivity index (χ0v) is 15.3. The molecule has 0 fully saturated rings. The molecule has 0 radical (unpaired) electrons. The SMILES string of the molecule is C=C(C)C(=O)OCCC(CCCCCC)CCCCCCC. The lowest BCUT2D eigenvalue weighted by Gasteiger charge is -2.17. The molecule has 0 aromatic heterocycles. The average molecular weight is 311 g/mol. The van der Waals surface area contributed by atoms with E-state index in [1.54, 1.807) is 6.92 Å². The van der Waals surface area contributed by atoms with Gasteiger partial charge in [0.15, 0.2) is 0 Å². The molecule has 0 aliphatic rings. The Balaban J connectivity index is 3.93. The highest BCUT2D eigenvalue weighted by atomic mass is 16.5. The maximum Gasteiger partial charge on any atom is 0.333 e. The first-order valence-corrected chi connectivity index (χ1v) is 9.44. The van der Waals surface area contributed by atoms with E-state index >= 15 is 0 Å². The summed E-state index contributed by atoms with van der Waals surface area (Å²) in [7, 11) is 0. The molecule has 0 heterocycles. The largest absolute Gasteiger partial charge is 0.462 e. The zero-order chi connectivity index (χ0) is 16.6. The van der Waals surface area contributed by atoms with E-state index in [1.165, 1.54) is 70.6 Å². The van der Waals surface area contributed by atoms with E-state index in [4.69, 9.17) is 4.74 Å². The molecule has 0 bridgehead atoms. The van der Waals surface area contributed by atoms with Gasteiger partial charge in [-0.3, -0.25) is 0 Å². The Bertz CT molecular complexity index is 283. The van der Waals surface area contributed by atoms with Gasteiger partial charge in [0.05, 0.1) is 6.61 Å². The van der Waals surface area contributed by atoms with Crippen LogP contribution in [-0.2, 0) is 9.53 Å². The Morgan fingerprint density at radius 3 is 1.86 bits per heavy atom. The van der Waals surface area contributed by atoms with Crippen LogP contribution in [0.4, 0.5) is 0 Å². The van der Waals surface area contributed by atoms with Crippen molar-refractivity contribution in [3.8, 4) is 0 Å². The molecule has 130 valence electrons. The number of rotatable bonds is 15. The van der Waals surface area contributed by atoms with Gasteiger partial charge in [0.1, 0.15) is 0 Å². The first-order valence-electron chi connectivity index (χ1n) is 9.44. The Morgan fingerprint density at radius 1 is 0.864 bits per heavy atom. The van der Waals surface area contributed by atoms with Crippen LogP contribution in [0.5, 0.6) is 0 Å². The van der Waals surface area contributed by atoms with Crippen molar-refractivity contribution in [1.29, 1.82) is 0 Å². The molecule has 0 rings (SSSR count). The monoisotopic (exact) mass is 310 g/mol. The molecule has 0 amide bonds. The third kappa shape index (κ3) is 12.9. The van der Waals surface area contributed by atoms with Crippen LogP contribution in [0.3, 0.4) is 0 Å². The fourth-order valence-electron chi connectivity index (χ4n) is 2.77. The molecule has 0 aliphatic carbocycles. The van der Waals surface area contributed by atoms with Gasteiger partial charge in [0, 0.05) is 5.57 Å². The first-order chi connectivity index (χ1) is 10.6. The summed E-state index contributed by atoms with van der Waals surface area (Å²) < 4.78 is 5.27. The molecule has 0 aromatic carbocycles. The molecule has 1 unspecified atom stereocenters. The van der Waals surface area contributed by atoms with E-state index in [0.717, 1.165) is 12.3 Å². The highest BCUT2D eigenvalue weighted by molar-refractivity contribution is 5.86. The van der Waals surface area contributed by atoms with Crippen LogP contribution in [0.25, 0.3) is 0 Å². The molecule has 0 aliphatic heterocycles. The minimum Gasteiger partial charge on any atom is -0.462 e. The lowest BCUT2D eigenvalue weighted by Crippen LogP contribution is -2.11. The van der Waals surface area contributed by atoms with Gasteiger partial charge < -0.3 is 4.74 Å². The molecule has 0 saturated carbocycles. The molecule has 22 heavy (non-hydrogen) atoms. The van der Waals surface area contributed by atoms with Crippen molar-refractivity contribution in [2.24, 2.45) is 5.92 Å². The molecular weight excluding hydrogens is 272 g/mol. The van der Waals surface area contributed by atoms with E-state index in [0.29, 0.717) is 12.2 Å². The normalized spacial score (nSPS) is 12.1. The summed E-state index contributed by atoms with van der Waals surface area (Å²) in [5.41, 5.74) is 0.499. The van der Waals surface area contributed by atoms with Crippen molar-refractivity contribution in [1.82, 2.24) is 0 Å². The summed E-state index contributed by atoms with van der Waals surface area (Å²) in [6.07, 6.45) is 15.6. The molecule has 1 atom stereocenters. The number of hydrogen-bond acceptors (Lipinski definition) is 2. The van der Waals surface area contributed by atoms with Gasteiger partial charge in [-0.15, -0.1) is 0 Å². The van der Waals surface area contributed by atoms with E-state index < -0.39 is 0 Å². The maximum absolute atomic E-state index is 11.4. The van der Waals surface area contributed by atoms with Crippen molar-refractivity contribution in [2.75, 3.05) is 6.61 Å². The summed E-state index contributed by atoms with van der Waals surface area (Å²) in [5.74, 6) is 0.476. The molecule has 0 saturated heterocycles. The number of ether oxygens (including phenoxy) is 1. The topological polar surface area (TPSA) is 26.3 Å². The Hall–Kier alpha value is -0.790. The minimum atomic E-state index is -0.243. The zero-order valence-electron chi connectivity index (χ0n) is 15.3. The smallest absolute Gasteiger partial charge is 0.333 e. The fourth-order valence-corrected chi connectivity index (χ4v) is 2.77. The summed E-state index contributed by atoms with van der Waals surface area (Å²) in [4.78, 5) is 11.4. The van der Waals surface area contributed by atoms with Crippen molar-refractivity contribution in [3.05, 3.63) is 12.2 Å². The van der Waals surface area contributed by atoms with Gasteiger partial charge >= 0.3 is 5.97 Å². The van der Waals surface area contributed by atoms with Crippen LogP contribution in [0.15, 0.2) is 12.2 Å². The van der Waals surface area contributed by atoms with E-state index in [9.17, 15) is 4.79 Å². The lowest BCUT2D eigenvalue weighted by molar-refractivity contribution is -0.139. The second-order valence-corrected chi connectivity index (χ2v) is 6.62. The van der Waals surface area contributed by atoms with Gasteiger partial charge in [-0.1, -0.05) is 91.1 Å². The highest BCUT2D eigenvalue weighted by Gasteiger charge is 2.10. The quantitative estimate of drug-likeness (QED) is 0.197. The van der Waals surface area contributed by atoms with Crippen molar-refractivity contribution in [2.45, 2.75) is 97.8 Å². The summed E-state index contributed by atoms with van der Waals surface area (Å²) >= 11 is 0. The second-order valence-electron chi connectivity index (χ2n) is 6.62. The van der Waals surface area contributed by atoms with Crippen molar-refractivity contribution < 1.29 is 9.53 Å². The summed E-state index contributed by atoms with van der Waals surface area (Å²) in [6.45, 7) is 10.4. The Labute approximate surface area is 138 Å². The molecule has 0 spiro atoms. The van der Waals surface area contributed by atoms with Crippen molar-refractivity contribution in [3.63, 3.8) is 0 Å². The van der Waals surface area contributed by atoms with E-state index in [1.807, 2.05) is 0 Å². The fraction of sp³-hybridized carbons (Fsp3) is 0.850. The van der Waals surface area contributed by atoms with E-state index in [-0.39, 0.29) is 5.97 Å². The van der Waals surface area contributed by atoms with E-state index in [2.05, 4.69) is 20.4 Å². The van der Waals surface area contributed by atoms with Crippen LogP contribution in [0.2, 0.25) is 0 Å². The van der Waals surface area contributed by atoms with Crippen LogP contribution in [0.1, 0.15) is 97.8 Å². The minimum absolute atomic E-state index is 0.243. The predicted molar refractivity (Wildman–Crippen MR) is 96.0 cm³/mol. The number of carbonyl (C=O) groups excluding carboxylic acids is 1. The molecule has 0 N–H and O–H groups in total. The number of esters is 1. The van der Waals surface area contributed by atoms with Crippen LogP contribution in [0, 0.1) is 5.92 Å². The van der Waals surface area contributed by atoms with Crippen molar-refractivity contribution >= 4 is 5.97 Å². The third-order valence-electron chi connectivity index (χ3n) is 4.29. The summed E-state index contributed by atoms with van der Waals surface area (Å²) in [6, 6.07) is 0. The third-order valence-corrected chi connectivity index (χ3v) is 4.29. The molecule has 2 nitrogen and oxygen atoms in total. The molecule has 2 heteroatoms. The van der Waals surface area contributed by atoms with Gasteiger partial charge in [-0.2, -0.15) is 0 Å². The van der Waals surface area contributed by atoms with Crippen LogP contribution in [-0.4, -0.2) is 12.6 Å². The second kappa shape index (κ2) is 15.1. The predicted octanol–water partition coefficient (Wildman–Crippen LogP) is 6.44. The van der Waals surface area contributed by atoms with Crippen LogP contribution < -0.4 is 0 Å². The standard InChI is InChI=1S/C20H38O2/c1-5-7-9-11-13-15-19(14-12-10-8-6-2)16-17-22-20(21)18(3)4/h19H,3,5-17H2,1-2,4H3. The number of hydrogen-bond donors (Lipinski definition) is 0. The molecular formula is C20H38O2. The number of unbranched alkanes of at least 4 members (excludes halogenated alkanes) is 7. The first kappa shape index (κ1) is 21.2. The summed E-state index contributed by atoms with van der Waals surface area (Å²) in [5, 5.41) is 0. The maximum atomic E-state index is 11.4. The Kier molecular flexibility index (Phi) is 14.6. The lowest BCUT2D eigenvalue weighted by atomic mass is 9.92. The average Bonchev–Trinajstić information content (AvgIpc) is 2.50. The molecule has 0 aromatic rings. The van der Waals surface area contributed by atoms with Crippen LogP contribution >= 0.6 is 0 Å². The van der Waals surface area contributed by atoms with Gasteiger partial charge in [-0.25, -0.2) is 4.79 Å². The van der Waals surface area contributed by atoms with Gasteiger partial charge in [0.2, 0.25) is 0 Å². The highest BCUT2D eigenvalue weighted by Crippen LogP contribution is 2.22. The number of carbonyl (C=O) groups is 1. The van der Waals surface area contributed by atoms with Gasteiger partial charge in [0.25, 0.3) is 0 Å². The Morgan fingerprint density at radius 2 is 1.36 bits per heavy atom.